The number of carbonyl (C=O) groups excluding carboxylic acids is 1. The van der Waals surface area contributed by atoms with Crippen LogP contribution in [0.5, 0.6) is 5.75 Å². The van der Waals surface area contributed by atoms with E-state index in [0.717, 1.165) is 17.5 Å². The SMILES string of the molecule is COC(=O)C(CCO)(c1ccccc1F)C(CO)S(=O)(=O)N(C)Cc1ccc(OC)cc1. The van der Waals surface area contributed by atoms with Crippen molar-refractivity contribution in [1.29, 1.82) is 0 Å². The fraction of sp³-hybridized carbons (Fsp3) is 0.409. The van der Waals surface area contributed by atoms with E-state index >= 15 is 0 Å². The largest absolute Gasteiger partial charge is 0.497 e. The van der Waals surface area contributed by atoms with Gasteiger partial charge in [-0.05, 0) is 30.2 Å². The van der Waals surface area contributed by atoms with Crippen LogP contribution >= 0.6 is 0 Å². The summed E-state index contributed by atoms with van der Waals surface area (Å²) < 4.78 is 52.8. The molecule has 2 atom stereocenters. The van der Waals surface area contributed by atoms with Crippen LogP contribution < -0.4 is 4.74 Å². The maximum Gasteiger partial charge on any atom is 0.317 e. The number of halogens is 1. The van der Waals surface area contributed by atoms with Gasteiger partial charge in [-0.15, -0.1) is 0 Å². The number of nitrogens with zero attached hydrogens (tertiary/aromatic N) is 1. The zero-order valence-electron chi connectivity index (χ0n) is 18.2. The van der Waals surface area contributed by atoms with Gasteiger partial charge in [0.05, 0.1) is 20.8 Å². The van der Waals surface area contributed by atoms with Gasteiger partial charge in [0.2, 0.25) is 10.0 Å². The second-order valence-electron chi connectivity index (χ2n) is 7.24. The number of ether oxygens (including phenoxy) is 2. The third kappa shape index (κ3) is 4.93. The molecule has 0 fully saturated rings. The van der Waals surface area contributed by atoms with E-state index in [1.54, 1.807) is 24.3 Å². The van der Waals surface area contributed by atoms with Gasteiger partial charge >= 0.3 is 5.97 Å². The molecule has 2 aromatic rings. The van der Waals surface area contributed by atoms with E-state index < -0.39 is 52.1 Å². The molecule has 2 unspecified atom stereocenters. The Labute approximate surface area is 187 Å². The Morgan fingerprint density at radius 1 is 1.12 bits per heavy atom. The molecule has 0 bridgehead atoms. The molecule has 0 spiro atoms. The van der Waals surface area contributed by atoms with E-state index in [-0.39, 0.29) is 12.1 Å². The number of aliphatic hydroxyl groups excluding tert-OH is 2. The molecule has 0 saturated heterocycles. The van der Waals surface area contributed by atoms with Crippen LogP contribution in [-0.4, -0.2) is 68.6 Å². The van der Waals surface area contributed by atoms with Crippen LogP contribution in [0.4, 0.5) is 4.39 Å². The van der Waals surface area contributed by atoms with Gasteiger partial charge in [-0.2, -0.15) is 0 Å². The summed E-state index contributed by atoms with van der Waals surface area (Å²) in [6.07, 6.45) is -0.471. The standard InChI is InChI=1S/C22H28FNO7S/c1-24(14-16-8-10-17(30-2)11-9-16)32(28,29)20(15-26)22(12-13-25,21(27)31-3)18-6-4-5-7-19(18)23/h4-11,20,25-26H,12-15H2,1-3H3. The average molecular weight is 470 g/mol. The number of methoxy groups -OCH3 is 2. The topological polar surface area (TPSA) is 113 Å². The molecule has 8 nitrogen and oxygen atoms in total. The quantitative estimate of drug-likeness (QED) is 0.479. The molecule has 0 aliphatic heterocycles. The summed E-state index contributed by atoms with van der Waals surface area (Å²) in [5.74, 6) is -1.32. The Bertz CT molecular complexity index is 1010. The first-order chi connectivity index (χ1) is 15.2. The Kier molecular flexibility index (Phi) is 8.73. The lowest BCUT2D eigenvalue weighted by Gasteiger charge is -2.38. The summed E-state index contributed by atoms with van der Waals surface area (Å²) in [6.45, 7) is -1.72. The first-order valence-electron chi connectivity index (χ1n) is 9.82. The van der Waals surface area contributed by atoms with Crippen molar-refractivity contribution in [2.24, 2.45) is 0 Å². The smallest absolute Gasteiger partial charge is 0.317 e. The van der Waals surface area contributed by atoms with Crippen molar-refractivity contribution >= 4 is 16.0 Å². The Morgan fingerprint density at radius 3 is 2.25 bits per heavy atom. The number of sulfonamides is 1. The van der Waals surface area contributed by atoms with Crippen molar-refractivity contribution in [3.63, 3.8) is 0 Å². The van der Waals surface area contributed by atoms with Crippen molar-refractivity contribution in [2.45, 2.75) is 23.6 Å². The Morgan fingerprint density at radius 2 is 1.75 bits per heavy atom. The number of rotatable bonds is 11. The van der Waals surface area contributed by atoms with Crippen molar-refractivity contribution in [3.8, 4) is 5.75 Å². The minimum atomic E-state index is -4.39. The van der Waals surface area contributed by atoms with Gasteiger partial charge in [0.25, 0.3) is 0 Å². The summed E-state index contributed by atoms with van der Waals surface area (Å²) in [5, 5.41) is 18.1. The van der Waals surface area contributed by atoms with Crippen molar-refractivity contribution < 1.29 is 37.3 Å². The molecule has 176 valence electrons. The first-order valence-corrected chi connectivity index (χ1v) is 11.3. The third-order valence-electron chi connectivity index (χ3n) is 5.48. The van der Waals surface area contributed by atoms with Crippen LogP contribution in [0.15, 0.2) is 48.5 Å². The Hall–Kier alpha value is -2.53. The van der Waals surface area contributed by atoms with Gasteiger partial charge in [0.15, 0.2) is 0 Å². The second kappa shape index (κ2) is 10.9. The molecule has 2 rings (SSSR count). The molecule has 0 amide bonds. The maximum absolute atomic E-state index is 14.8. The highest BCUT2D eigenvalue weighted by molar-refractivity contribution is 7.89. The zero-order valence-corrected chi connectivity index (χ0v) is 19.0. The normalized spacial score (nSPS) is 14.6. The first kappa shape index (κ1) is 25.7. The van der Waals surface area contributed by atoms with Crippen molar-refractivity contribution in [3.05, 3.63) is 65.5 Å². The van der Waals surface area contributed by atoms with E-state index in [0.29, 0.717) is 11.3 Å². The number of hydrogen-bond donors (Lipinski definition) is 2. The highest BCUT2D eigenvalue weighted by Gasteiger charge is 2.55. The van der Waals surface area contributed by atoms with Crippen LogP contribution in [0.25, 0.3) is 0 Å². The predicted octanol–water partition coefficient (Wildman–Crippen LogP) is 1.45. The molecule has 32 heavy (non-hydrogen) atoms. The molecular weight excluding hydrogens is 441 g/mol. The van der Waals surface area contributed by atoms with Crippen LogP contribution in [0, 0.1) is 5.82 Å². The van der Waals surface area contributed by atoms with Gasteiger partial charge < -0.3 is 19.7 Å². The molecule has 0 aromatic heterocycles. The number of esters is 1. The van der Waals surface area contributed by atoms with Crippen LogP contribution in [0.1, 0.15) is 17.5 Å². The minimum Gasteiger partial charge on any atom is -0.497 e. The van der Waals surface area contributed by atoms with Gasteiger partial charge in [-0.3, -0.25) is 4.79 Å². The van der Waals surface area contributed by atoms with E-state index in [2.05, 4.69) is 0 Å². The highest BCUT2D eigenvalue weighted by Crippen LogP contribution is 2.39. The summed E-state index contributed by atoms with van der Waals surface area (Å²) in [6, 6.07) is 11.9. The number of carbonyl (C=O) groups is 1. The second-order valence-corrected chi connectivity index (χ2v) is 9.46. The maximum atomic E-state index is 14.8. The zero-order chi connectivity index (χ0) is 23.9. The lowest BCUT2D eigenvalue weighted by molar-refractivity contribution is -0.149. The predicted molar refractivity (Wildman–Crippen MR) is 116 cm³/mol. The highest BCUT2D eigenvalue weighted by atomic mass is 32.2. The molecule has 10 heteroatoms. The molecular formula is C22H28FNO7S. The fourth-order valence-electron chi connectivity index (χ4n) is 3.79. The third-order valence-corrected chi connectivity index (χ3v) is 7.75. The molecule has 0 heterocycles. The average Bonchev–Trinajstić information content (AvgIpc) is 2.79. The summed E-state index contributed by atoms with van der Waals surface area (Å²) in [7, 11) is -0.548. The summed E-state index contributed by atoms with van der Waals surface area (Å²) in [4.78, 5) is 13.0. The van der Waals surface area contributed by atoms with Crippen LogP contribution in [0.2, 0.25) is 0 Å². The molecule has 0 aliphatic rings. The van der Waals surface area contributed by atoms with E-state index in [1.165, 1.54) is 32.4 Å². The number of aliphatic hydroxyl groups is 2. The molecule has 2 aromatic carbocycles. The lowest BCUT2D eigenvalue weighted by atomic mass is 9.74. The van der Waals surface area contributed by atoms with Crippen LogP contribution in [-0.2, 0) is 31.5 Å². The molecule has 0 aliphatic carbocycles. The number of benzene rings is 2. The fourth-order valence-corrected chi connectivity index (χ4v) is 5.59. The molecule has 2 N–H and O–H groups in total. The van der Waals surface area contributed by atoms with Crippen molar-refractivity contribution in [1.82, 2.24) is 4.31 Å². The monoisotopic (exact) mass is 469 g/mol. The molecule has 0 radical (unpaired) electrons. The van der Waals surface area contributed by atoms with Gasteiger partial charge in [-0.25, -0.2) is 17.1 Å². The van der Waals surface area contributed by atoms with E-state index in [1.807, 2.05) is 0 Å². The van der Waals surface area contributed by atoms with E-state index in [4.69, 9.17) is 9.47 Å². The lowest BCUT2D eigenvalue weighted by Crippen LogP contribution is -2.56. The van der Waals surface area contributed by atoms with Crippen molar-refractivity contribution in [2.75, 3.05) is 34.5 Å². The van der Waals surface area contributed by atoms with Gasteiger partial charge in [0.1, 0.15) is 22.2 Å². The summed E-state index contributed by atoms with van der Waals surface area (Å²) in [5.41, 5.74) is -1.82. The molecule has 0 saturated carbocycles. The number of hydrogen-bond acceptors (Lipinski definition) is 7. The van der Waals surface area contributed by atoms with Crippen LogP contribution in [0.3, 0.4) is 0 Å². The van der Waals surface area contributed by atoms with E-state index in [9.17, 15) is 27.8 Å². The van der Waals surface area contributed by atoms with Gasteiger partial charge in [0, 0.05) is 25.8 Å². The minimum absolute atomic E-state index is 0.0729. The Balaban J connectivity index is 2.58. The summed E-state index contributed by atoms with van der Waals surface area (Å²) >= 11 is 0. The van der Waals surface area contributed by atoms with Gasteiger partial charge in [-0.1, -0.05) is 30.3 Å².